The molecule has 104 valence electrons. The van der Waals surface area contributed by atoms with Crippen molar-refractivity contribution in [3.63, 3.8) is 0 Å². The molecule has 1 atom stereocenters. The first-order valence-electron chi connectivity index (χ1n) is 6.32. The summed E-state index contributed by atoms with van der Waals surface area (Å²) in [5.41, 5.74) is 0.776. The van der Waals surface area contributed by atoms with Gasteiger partial charge in [-0.05, 0) is 12.0 Å². The fourth-order valence-corrected chi connectivity index (χ4v) is 1.62. The molecule has 0 bridgehead atoms. The van der Waals surface area contributed by atoms with Crippen molar-refractivity contribution in [1.82, 2.24) is 10.6 Å². The van der Waals surface area contributed by atoms with E-state index in [2.05, 4.69) is 10.6 Å². The van der Waals surface area contributed by atoms with E-state index >= 15 is 0 Å². The van der Waals surface area contributed by atoms with Gasteiger partial charge in [0.25, 0.3) is 0 Å². The van der Waals surface area contributed by atoms with Crippen molar-refractivity contribution in [1.29, 1.82) is 0 Å². The third kappa shape index (κ3) is 5.09. The first kappa shape index (κ1) is 15.2. The van der Waals surface area contributed by atoms with E-state index in [9.17, 15) is 9.59 Å². The van der Waals surface area contributed by atoms with Crippen LogP contribution in [0.3, 0.4) is 0 Å². The third-order valence-corrected chi connectivity index (χ3v) is 2.61. The van der Waals surface area contributed by atoms with Crippen LogP contribution in [0.15, 0.2) is 30.3 Å². The molecule has 1 aromatic carbocycles. The average Bonchev–Trinajstić information content (AvgIpc) is 2.46. The maximum Gasteiger partial charge on any atom is 0.327 e. The van der Waals surface area contributed by atoms with E-state index in [1.54, 1.807) is 0 Å². The summed E-state index contributed by atoms with van der Waals surface area (Å²) in [4.78, 5) is 23.2. The largest absolute Gasteiger partial charge is 0.468 e. The fourth-order valence-electron chi connectivity index (χ4n) is 1.62. The van der Waals surface area contributed by atoms with E-state index in [-0.39, 0.29) is 12.5 Å². The Bertz CT molecular complexity index is 406. The van der Waals surface area contributed by atoms with Crippen LogP contribution in [-0.2, 0) is 14.3 Å². The lowest BCUT2D eigenvalue weighted by atomic mass is 10.1. The maximum absolute atomic E-state index is 11.7. The quantitative estimate of drug-likeness (QED) is 0.721. The highest BCUT2D eigenvalue weighted by molar-refractivity contribution is 5.81. The molecule has 0 aliphatic heterocycles. The zero-order valence-corrected chi connectivity index (χ0v) is 11.3. The number of ether oxygens (including phenoxy) is 1. The van der Waals surface area contributed by atoms with Gasteiger partial charge in [-0.2, -0.15) is 0 Å². The number of amides is 1. The second kappa shape index (κ2) is 8.26. The first-order valence-corrected chi connectivity index (χ1v) is 6.32. The molecular formula is C14H20N2O3. The van der Waals surface area contributed by atoms with Gasteiger partial charge in [0.05, 0.1) is 13.7 Å². The van der Waals surface area contributed by atoms with E-state index in [0.29, 0.717) is 6.54 Å². The van der Waals surface area contributed by atoms with Crippen LogP contribution in [0.2, 0.25) is 0 Å². The Kier molecular flexibility index (Phi) is 6.60. The van der Waals surface area contributed by atoms with Gasteiger partial charge >= 0.3 is 5.97 Å². The van der Waals surface area contributed by atoms with Crippen molar-refractivity contribution < 1.29 is 14.3 Å². The Hall–Kier alpha value is -1.88. The number of hydrogen-bond donors (Lipinski definition) is 2. The number of carbonyl (C=O) groups excluding carboxylic acids is 2. The van der Waals surface area contributed by atoms with Gasteiger partial charge in [0.2, 0.25) is 5.91 Å². The zero-order chi connectivity index (χ0) is 14.1. The van der Waals surface area contributed by atoms with Crippen molar-refractivity contribution in [3.8, 4) is 0 Å². The monoisotopic (exact) mass is 264 g/mol. The van der Waals surface area contributed by atoms with Crippen molar-refractivity contribution in [2.24, 2.45) is 0 Å². The number of hydrogen-bond acceptors (Lipinski definition) is 4. The van der Waals surface area contributed by atoms with Gasteiger partial charge < -0.3 is 10.1 Å². The molecule has 5 nitrogen and oxygen atoms in total. The highest BCUT2D eigenvalue weighted by Gasteiger charge is 2.21. The number of carbonyl (C=O) groups is 2. The summed E-state index contributed by atoms with van der Waals surface area (Å²) < 4.78 is 4.75. The molecule has 0 radical (unpaired) electrons. The average molecular weight is 264 g/mol. The van der Waals surface area contributed by atoms with E-state index in [1.807, 2.05) is 37.3 Å². The molecule has 0 heterocycles. The minimum atomic E-state index is -0.626. The number of esters is 1. The smallest absolute Gasteiger partial charge is 0.327 e. The Morgan fingerprint density at radius 3 is 2.53 bits per heavy atom. The summed E-state index contributed by atoms with van der Waals surface area (Å²) in [6, 6.07) is 8.55. The molecule has 19 heavy (non-hydrogen) atoms. The molecule has 5 heteroatoms. The summed E-state index contributed by atoms with van der Waals surface area (Å²) >= 11 is 0. The minimum Gasteiger partial charge on any atom is -0.468 e. The van der Waals surface area contributed by atoms with Gasteiger partial charge in [0, 0.05) is 6.54 Å². The molecule has 0 fully saturated rings. The topological polar surface area (TPSA) is 67.4 Å². The van der Waals surface area contributed by atoms with Gasteiger partial charge in [-0.15, -0.1) is 0 Å². The van der Waals surface area contributed by atoms with Crippen LogP contribution in [0.5, 0.6) is 0 Å². The second-order valence-electron chi connectivity index (χ2n) is 4.10. The van der Waals surface area contributed by atoms with E-state index in [0.717, 1.165) is 12.0 Å². The van der Waals surface area contributed by atoms with Crippen LogP contribution in [0, 0.1) is 0 Å². The van der Waals surface area contributed by atoms with E-state index in [1.165, 1.54) is 7.11 Å². The molecular weight excluding hydrogens is 244 g/mol. The van der Waals surface area contributed by atoms with Crippen LogP contribution in [0.1, 0.15) is 24.9 Å². The van der Waals surface area contributed by atoms with Crippen molar-refractivity contribution in [2.45, 2.75) is 19.4 Å². The fraction of sp³-hybridized carbons (Fsp3) is 0.429. The highest BCUT2D eigenvalue weighted by atomic mass is 16.5. The van der Waals surface area contributed by atoms with Crippen molar-refractivity contribution in [2.75, 3.05) is 20.2 Å². The molecule has 0 aromatic heterocycles. The standard InChI is InChI=1S/C14H20N2O3/c1-3-9-15-12(17)10-16-13(14(18)19-2)11-7-5-4-6-8-11/h4-8,13,16H,3,9-10H2,1-2H3,(H,15,17). The SMILES string of the molecule is CCCNC(=O)CNC(C(=O)OC)c1ccccc1. The molecule has 0 spiro atoms. The predicted octanol–water partition coefficient (Wildman–Crippen LogP) is 1.02. The molecule has 0 saturated heterocycles. The normalized spacial score (nSPS) is 11.7. The van der Waals surface area contributed by atoms with Crippen LogP contribution in [0.25, 0.3) is 0 Å². The number of methoxy groups -OCH3 is 1. The molecule has 2 N–H and O–H groups in total. The molecule has 0 aliphatic rings. The summed E-state index contributed by atoms with van der Waals surface area (Å²) in [5.74, 6) is -0.541. The Morgan fingerprint density at radius 1 is 1.26 bits per heavy atom. The number of rotatable bonds is 7. The number of benzene rings is 1. The van der Waals surface area contributed by atoms with Crippen LogP contribution < -0.4 is 10.6 Å². The molecule has 1 aromatic rings. The summed E-state index contributed by atoms with van der Waals surface area (Å²) in [5, 5.41) is 5.65. The third-order valence-electron chi connectivity index (χ3n) is 2.61. The van der Waals surface area contributed by atoms with Crippen LogP contribution in [0.4, 0.5) is 0 Å². The molecule has 0 saturated carbocycles. The second-order valence-corrected chi connectivity index (χ2v) is 4.10. The summed E-state index contributed by atoms with van der Waals surface area (Å²) in [7, 11) is 1.33. The van der Waals surface area contributed by atoms with E-state index in [4.69, 9.17) is 4.74 Å². The lowest BCUT2D eigenvalue weighted by molar-refractivity contribution is -0.143. The van der Waals surface area contributed by atoms with E-state index < -0.39 is 12.0 Å². The molecule has 0 aliphatic carbocycles. The minimum absolute atomic E-state index is 0.0780. The lowest BCUT2D eigenvalue weighted by Crippen LogP contribution is -2.38. The molecule has 1 amide bonds. The van der Waals surface area contributed by atoms with Crippen LogP contribution >= 0.6 is 0 Å². The predicted molar refractivity (Wildman–Crippen MR) is 72.5 cm³/mol. The van der Waals surface area contributed by atoms with Crippen molar-refractivity contribution in [3.05, 3.63) is 35.9 Å². The van der Waals surface area contributed by atoms with Crippen molar-refractivity contribution >= 4 is 11.9 Å². The number of nitrogens with one attached hydrogen (secondary N) is 2. The molecule has 1 rings (SSSR count). The Morgan fingerprint density at radius 2 is 1.95 bits per heavy atom. The lowest BCUT2D eigenvalue weighted by Gasteiger charge is -2.16. The van der Waals surface area contributed by atoms with Gasteiger partial charge in [-0.3, -0.25) is 10.1 Å². The first-order chi connectivity index (χ1) is 9.19. The van der Waals surface area contributed by atoms with Gasteiger partial charge in [-0.25, -0.2) is 4.79 Å². The maximum atomic E-state index is 11.7. The van der Waals surface area contributed by atoms with Gasteiger partial charge in [0.1, 0.15) is 6.04 Å². The van der Waals surface area contributed by atoms with Crippen LogP contribution in [-0.4, -0.2) is 32.1 Å². The zero-order valence-electron chi connectivity index (χ0n) is 11.3. The molecule has 1 unspecified atom stereocenters. The van der Waals surface area contributed by atoms with Gasteiger partial charge in [-0.1, -0.05) is 37.3 Å². The van der Waals surface area contributed by atoms with Gasteiger partial charge in [0.15, 0.2) is 0 Å². The summed E-state index contributed by atoms with van der Waals surface area (Å²) in [6.45, 7) is 2.69. The Balaban J connectivity index is 2.62. The highest BCUT2D eigenvalue weighted by Crippen LogP contribution is 2.13. The summed E-state index contributed by atoms with van der Waals surface area (Å²) in [6.07, 6.45) is 0.880. The Labute approximate surface area is 113 Å².